The number of hydrogen-bond acceptors (Lipinski definition) is 5. The molecule has 3 rings (SSSR count). The third kappa shape index (κ3) is 2.19. The lowest BCUT2D eigenvalue weighted by atomic mass is 10.1. The van der Waals surface area contributed by atoms with Crippen molar-refractivity contribution in [1.82, 2.24) is 14.3 Å². The van der Waals surface area contributed by atoms with Crippen LogP contribution in [0.2, 0.25) is 0 Å². The first-order chi connectivity index (χ1) is 8.86. The first-order valence-corrected chi connectivity index (χ1v) is 7.40. The van der Waals surface area contributed by atoms with Gasteiger partial charge >= 0.3 is 0 Å². The van der Waals surface area contributed by atoms with Crippen LogP contribution in [0.5, 0.6) is 0 Å². The molecule has 0 aliphatic rings. The lowest BCUT2D eigenvalue weighted by molar-refractivity contribution is 1.07. The highest BCUT2D eigenvalue weighted by molar-refractivity contribution is 7.13. The first kappa shape index (κ1) is 11.5. The molecule has 2 aromatic heterocycles. The molecule has 0 aliphatic heterocycles. The van der Waals surface area contributed by atoms with Crippen molar-refractivity contribution in [2.75, 3.05) is 0 Å². The van der Waals surface area contributed by atoms with Gasteiger partial charge in [-0.2, -0.15) is 4.37 Å². The summed E-state index contributed by atoms with van der Waals surface area (Å²) >= 11 is 3.06. The van der Waals surface area contributed by atoms with Gasteiger partial charge in [-0.25, -0.2) is 9.97 Å². The topological polar surface area (TPSA) is 38.7 Å². The summed E-state index contributed by atoms with van der Waals surface area (Å²) in [5.74, 6) is 0.792. The van der Waals surface area contributed by atoms with Crippen molar-refractivity contribution in [1.29, 1.82) is 0 Å². The number of nitrogens with zero attached hydrogens (tertiary/aromatic N) is 3. The molecule has 18 heavy (non-hydrogen) atoms. The van der Waals surface area contributed by atoms with Crippen molar-refractivity contribution in [3.8, 4) is 22.0 Å². The van der Waals surface area contributed by atoms with Gasteiger partial charge in [0.15, 0.2) is 5.82 Å². The second-order valence-electron chi connectivity index (χ2n) is 3.83. The van der Waals surface area contributed by atoms with Gasteiger partial charge in [0.25, 0.3) is 0 Å². The van der Waals surface area contributed by atoms with Crippen LogP contribution in [0, 0.1) is 0 Å². The largest absolute Gasteiger partial charge is 0.241 e. The Labute approximate surface area is 113 Å². The highest BCUT2D eigenvalue weighted by Crippen LogP contribution is 2.26. The smallest absolute Gasteiger partial charge is 0.172 e. The molecule has 90 valence electrons. The number of aryl methyl sites for hydroxylation is 1. The standard InChI is InChI=1S/C13H11N3S2/c1-2-11-7-17-13(15-11)10-5-3-9(4-6-10)12-14-8-18-16-12/h3-8H,2H2,1H3. The van der Waals surface area contributed by atoms with E-state index in [1.807, 2.05) is 12.1 Å². The molecule has 0 unspecified atom stereocenters. The van der Waals surface area contributed by atoms with E-state index in [0.717, 1.165) is 34.1 Å². The van der Waals surface area contributed by atoms with Crippen LogP contribution >= 0.6 is 22.9 Å². The van der Waals surface area contributed by atoms with Crippen molar-refractivity contribution in [2.45, 2.75) is 13.3 Å². The Morgan fingerprint density at radius 2 is 1.89 bits per heavy atom. The maximum absolute atomic E-state index is 4.58. The summed E-state index contributed by atoms with van der Waals surface area (Å²) in [7, 11) is 0. The molecule has 0 atom stereocenters. The summed E-state index contributed by atoms with van der Waals surface area (Å²) in [4.78, 5) is 8.78. The van der Waals surface area contributed by atoms with Crippen LogP contribution in [0.15, 0.2) is 35.2 Å². The Hall–Kier alpha value is -1.59. The minimum atomic E-state index is 0.792. The monoisotopic (exact) mass is 273 g/mol. The van der Waals surface area contributed by atoms with E-state index in [-0.39, 0.29) is 0 Å². The molecule has 0 N–H and O–H groups in total. The maximum Gasteiger partial charge on any atom is 0.172 e. The van der Waals surface area contributed by atoms with E-state index in [0.29, 0.717) is 0 Å². The predicted molar refractivity (Wildman–Crippen MR) is 75.8 cm³/mol. The Balaban J connectivity index is 1.91. The SMILES string of the molecule is CCc1csc(-c2ccc(-c3ncsn3)cc2)n1. The Morgan fingerprint density at radius 1 is 1.11 bits per heavy atom. The number of rotatable bonds is 3. The lowest BCUT2D eigenvalue weighted by Gasteiger charge is -1.98. The second-order valence-corrected chi connectivity index (χ2v) is 5.29. The summed E-state index contributed by atoms with van der Waals surface area (Å²) in [5, 5.41) is 3.19. The molecule has 3 nitrogen and oxygen atoms in total. The lowest BCUT2D eigenvalue weighted by Crippen LogP contribution is -1.82. The van der Waals surface area contributed by atoms with Crippen LogP contribution in [0.3, 0.4) is 0 Å². The molecule has 0 aliphatic carbocycles. The first-order valence-electron chi connectivity index (χ1n) is 5.68. The quantitative estimate of drug-likeness (QED) is 0.726. The average Bonchev–Trinajstić information content (AvgIpc) is 3.10. The van der Waals surface area contributed by atoms with Crippen LogP contribution in [0.1, 0.15) is 12.6 Å². The fourth-order valence-corrected chi connectivity index (χ4v) is 3.02. The van der Waals surface area contributed by atoms with Crippen LogP contribution in [-0.4, -0.2) is 14.3 Å². The van der Waals surface area contributed by atoms with E-state index in [9.17, 15) is 0 Å². The van der Waals surface area contributed by atoms with Gasteiger partial charge in [-0.1, -0.05) is 31.2 Å². The molecule has 2 heterocycles. The molecule has 0 bridgehead atoms. The molecule has 0 radical (unpaired) electrons. The minimum Gasteiger partial charge on any atom is -0.241 e. The molecular weight excluding hydrogens is 262 g/mol. The fraction of sp³-hybridized carbons (Fsp3) is 0.154. The van der Waals surface area contributed by atoms with Gasteiger partial charge in [-0.3, -0.25) is 0 Å². The normalized spacial score (nSPS) is 10.7. The van der Waals surface area contributed by atoms with Gasteiger partial charge in [0.1, 0.15) is 10.5 Å². The minimum absolute atomic E-state index is 0.792. The molecule has 3 aromatic rings. The molecule has 1 aromatic carbocycles. The van der Waals surface area contributed by atoms with Crippen LogP contribution in [0.4, 0.5) is 0 Å². The summed E-state index contributed by atoms with van der Waals surface area (Å²) in [5.41, 5.74) is 5.10. The van der Waals surface area contributed by atoms with Crippen molar-refractivity contribution < 1.29 is 0 Å². The summed E-state index contributed by atoms with van der Waals surface area (Å²) in [6, 6.07) is 8.25. The van der Waals surface area contributed by atoms with Crippen LogP contribution < -0.4 is 0 Å². The molecule has 0 spiro atoms. The molecule has 0 amide bonds. The van der Waals surface area contributed by atoms with Gasteiger partial charge < -0.3 is 0 Å². The Bertz CT molecular complexity index is 627. The van der Waals surface area contributed by atoms with E-state index >= 15 is 0 Å². The van der Waals surface area contributed by atoms with Gasteiger partial charge in [-0.15, -0.1) is 11.3 Å². The van der Waals surface area contributed by atoms with Gasteiger partial charge in [-0.05, 0) is 18.0 Å². The highest BCUT2D eigenvalue weighted by atomic mass is 32.1. The Morgan fingerprint density at radius 3 is 2.50 bits per heavy atom. The predicted octanol–water partition coefficient (Wildman–Crippen LogP) is 3.89. The maximum atomic E-state index is 4.58. The molecule has 0 fully saturated rings. The van der Waals surface area contributed by atoms with Crippen molar-refractivity contribution in [3.05, 3.63) is 40.8 Å². The molecule has 5 heteroatoms. The van der Waals surface area contributed by atoms with E-state index < -0.39 is 0 Å². The molecule has 0 saturated carbocycles. The van der Waals surface area contributed by atoms with Gasteiger partial charge in [0.05, 0.1) is 5.69 Å². The highest BCUT2D eigenvalue weighted by Gasteiger charge is 2.05. The van der Waals surface area contributed by atoms with Crippen molar-refractivity contribution in [2.24, 2.45) is 0 Å². The summed E-state index contributed by atoms with van der Waals surface area (Å²) in [6.45, 7) is 2.12. The van der Waals surface area contributed by atoms with E-state index in [2.05, 4.69) is 38.8 Å². The molecule has 0 saturated heterocycles. The van der Waals surface area contributed by atoms with Gasteiger partial charge in [0, 0.05) is 16.5 Å². The zero-order chi connectivity index (χ0) is 12.4. The number of hydrogen-bond donors (Lipinski definition) is 0. The van der Waals surface area contributed by atoms with Crippen molar-refractivity contribution >= 4 is 22.9 Å². The second kappa shape index (κ2) is 4.96. The number of benzene rings is 1. The third-order valence-corrected chi connectivity index (χ3v) is 4.08. The third-order valence-electron chi connectivity index (χ3n) is 2.67. The van der Waals surface area contributed by atoms with Crippen LogP contribution in [0.25, 0.3) is 22.0 Å². The van der Waals surface area contributed by atoms with E-state index in [1.165, 1.54) is 11.5 Å². The Kier molecular flexibility index (Phi) is 3.17. The number of thiazole rings is 1. The van der Waals surface area contributed by atoms with E-state index in [1.54, 1.807) is 16.8 Å². The molecular formula is C13H11N3S2. The zero-order valence-corrected chi connectivity index (χ0v) is 11.5. The van der Waals surface area contributed by atoms with Crippen LogP contribution in [-0.2, 0) is 6.42 Å². The number of aromatic nitrogens is 3. The summed E-state index contributed by atoms with van der Waals surface area (Å²) < 4.78 is 4.22. The fourth-order valence-electron chi connectivity index (χ4n) is 1.66. The summed E-state index contributed by atoms with van der Waals surface area (Å²) in [6.07, 6.45) is 0.983. The van der Waals surface area contributed by atoms with Crippen molar-refractivity contribution in [3.63, 3.8) is 0 Å². The van der Waals surface area contributed by atoms with E-state index in [4.69, 9.17) is 0 Å². The zero-order valence-electron chi connectivity index (χ0n) is 9.83. The van der Waals surface area contributed by atoms with Gasteiger partial charge in [0.2, 0.25) is 0 Å². The average molecular weight is 273 g/mol.